The van der Waals surface area contributed by atoms with E-state index in [4.69, 9.17) is 4.74 Å². The van der Waals surface area contributed by atoms with E-state index in [0.29, 0.717) is 24.8 Å². The van der Waals surface area contributed by atoms with Gasteiger partial charge < -0.3 is 14.5 Å². The molecule has 4 rings (SSSR count). The number of para-hydroxylation sites is 2. The molecule has 3 aliphatic heterocycles. The molecule has 134 valence electrons. The van der Waals surface area contributed by atoms with Crippen LogP contribution in [0.3, 0.4) is 0 Å². The molecule has 1 aromatic rings. The summed E-state index contributed by atoms with van der Waals surface area (Å²) in [6, 6.07) is 8.04. The SMILES string of the molecule is O=C(CCN1C(=O)COc2ccccc21)N1CCN2CCCC[C@@H]2C1. The number of ether oxygens (including phenoxy) is 1. The van der Waals surface area contributed by atoms with Gasteiger partial charge >= 0.3 is 0 Å². The molecule has 0 unspecified atom stereocenters. The number of benzene rings is 1. The normalized spacial score (nSPS) is 23.7. The van der Waals surface area contributed by atoms with Crippen LogP contribution >= 0.6 is 0 Å². The lowest BCUT2D eigenvalue weighted by Gasteiger charge is -2.44. The van der Waals surface area contributed by atoms with Gasteiger partial charge in [0.1, 0.15) is 5.75 Å². The van der Waals surface area contributed by atoms with E-state index < -0.39 is 0 Å². The Morgan fingerprint density at radius 3 is 2.96 bits per heavy atom. The molecular formula is C19H25N3O3. The molecule has 0 aromatic heterocycles. The molecule has 0 aliphatic carbocycles. The number of piperidine rings is 1. The van der Waals surface area contributed by atoms with Gasteiger partial charge in [0, 0.05) is 38.6 Å². The van der Waals surface area contributed by atoms with E-state index in [1.165, 1.54) is 25.8 Å². The van der Waals surface area contributed by atoms with E-state index in [-0.39, 0.29) is 18.4 Å². The average molecular weight is 343 g/mol. The Labute approximate surface area is 148 Å². The summed E-state index contributed by atoms with van der Waals surface area (Å²) in [5.41, 5.74) is 0.767. The molecule has 2 fully saturated rings. The summed E-state index contributed by atoms with van der Waals surface area (Å²) in [5, 5.41) is 0. The van der Waals surface area contributed by atoms with Crippen LogP contribution in [-0.2, 0) is 9.59 Å². The predicted molar refractivity (Wildman–Crippen MR) is 94.7 cm³/mol. The van der Waals surface area contributed by atoms with Gasteiger partial charge in [-0.2, -0.15) is 0 Å². The molecule has 0 saturated carbocycles. The quantitative estimate of drug-likeness (QED) is 0.835. The highest BCUT2D eigenvalue weighted by molar-refractivity contribution is 5.98. The zero-order valence-electron chi connectivity index (χ0n) is 14.5. The van der Waals surface area contributed by atoms with Gasteiger partial charge in [-0.15, -0.1) is 0 Å². The first-order chi connectivity index (χ1) is 12.2. The molecule has 2 amide bonds. The van der Waals surface area contributed by atoms with Crippen LogP contribution in [-0.4, -0.2) is 67.0 Å². The number of hydrogen-bond acceptors (Lipinski definition) is 4. The van der Waals surface area contributed by atoms with E-state index in [2.05, 4.69) is 4.90 Å². The maximum Gasteiger partial charge on any atom is 0.265 e. The molecule has 1 aromatic carbocycles. The molecule has 0 radical (unpaired) electrons. The van der Waals surface area contributed by atoms with Crippen molar-refractivity contribution in [1.29, 1.82) is 0 Å². The van der Waals surface area contributed by atoms with Crippen molar-refractivity contribution in [1.82, 2.24) is 9.80 Å². The smallest absolute Gasteiger partial charge is 0.265 e. The highest BCUT2D eigenvalue weighted by atomic mass is 16.5. The van der Waals surface area contributed by atoms with E-state index in [1.807, 2.05) is 29.2 Å². The molecule has 1 atom stereocenters. The van der Waals surface area contributed by atoms with Crippen LogP contribution in [0, 0.1) is 0 Å². The Bertz CT molecular complexity index is 663. The van der Waals surface area contributed by atoms with Crippen molar-refractivity contribution < 1.29 is 14.3 Å². The Balaban J connectivity index is 1.37. The second-order valence-corrected chi connectivity index (χ2v) is 7.08. The first-order valence-corrected chi connectivity index (χ1v) is 9.26. The fraction of sp³-hybridized carbons (Fsp3) is 0.579. The monoisotopic (exact) mass is 343 g/mol. The third-order valence-corrected chi connectivity index (χ3v) is 5.55. The van der Waals surface area contributed by atoms with Crippen molar-refractivity contribution in [2.75, 3.05) is 44.2 Å². The van der Waals surface area contributed by atoms with Gasteiger partial charge in [0.05, 0.1) is 5.69 Å². The molecule has 3 aliphatic rings. The van der Waals surface area contributed by atoms with Gasteiger partial charge in [0.15, 0.2) is 6.61 Å². The summed E-state index contributed by atoms with van der Waals surface area (Å²) in [6.45, 7) is 4.27. The zero-order valence-corrected chi connectivity index (χ0v) is 14.5. The van der Waals surface area contributed by atoms with E-state index in [9.17, 15) is 9.59 Å². The largest absolute Gasteiger partial charge is 0.482 e. The molecule has 0 spiro atoms. The molecule has 3 heterocycles. The van der Waals surface area contributed by atoms with Gasteiger partial charge in [-0.1, -0.05) is 18.6 Å². The van der Waals surface area contributed by atoms with E-state index in [0.717, 1.165) is 25.3 Å². The van der Waals surface area contributed by atoms with Crippen LogP contribution in [0.2, 0.25) is 0 Å². The highest BCUT2D eigenvalue weighted by Crippen LogP contribution is 2.31. The Hall–Kier alpha value is -2.08. The van der Waals surface area contributed by atoms with Gasteiger partial charge in [-0.25, -0.2) is 0 Å². The number of carbonyl (C=O) groups excluding carboxylic acids is 2. The first-order valence-electron chi connectivity index (χ1n) is 9.26. The van der Waals surface area contributed by atoms with Gasteiger partial charge in [-0.3, -0.25) is 14.5 Å². The average Bonchev–Trinajstić information content (AvgIpc) is 2.66. The van der Waals surface area contributed by atoms with E-state index >= 15 is 0 Å². The standard InChI is InChI=1S/C19H25N3O3/c23-18(21-12-11-20-9-4-3-5-15(20)13-21)8-10-22-16-6-1-2-7-17(16)25-14-19(22)24/h1-2,6-7,15H,3-5,8-14H2/t15-/m1/s1. The lowest BCUT2D eigenvalue weighted by molar-refractivity contribution is -0.134. The van der Waals surface area contributed by atoms with Crippen molar-refractivity contribution in [2.24, 2.45) is 0 Å². The molecule has 6 heteroatoms. The number of hydrogen-bond donors (Lipinski definition) is 0. The Morgan fingerprint density at radius 1 is 1.16 bits per heavy atom. The first kappa shape index (κ1) is 16.4. The summed E-state index contributed by atoms with van der Waals surface area (Å²) in [4.78, 5) is 31.1. The highest BCUT2D eigenvalue weighted by Gasteiger charge is 2.32. The maximum atomic E-state index is 12.7. The maximum absolute atomic E-state index is 12.7. The van der Waals surface area contributed by atoms with Crippen molar-refractivity contribution in [3.8, 4) is 5.75 Å². The molecule has 2 saturated heterocycles. The minimum Gasteiger partial charge on any atom is -0.482 e. The Kier molecular flexibility index (Phi) is 4.61. The number of anilines is 1. The molecule has 25 heavy (non-hydrogen) atoms. The predicted octanol–water partition coefficient (Wildman–Crippen LogP) is 1.50. The summed E-state index contributed by atoms with van der Waals surface area (Å²) in [5.74, 6) is 0.788. The van der Waals surface area contributed by atoms with Gasteiger partial charge in [0.2, 0.25) is 5.91 Å². The summed E-state index contributed by atoms with van der Waals surface area (Å²) in [6.07, 6.45) is 4.11. The number of amides is 2. The van der Waals surface area contributed by atoms with Crippen LogP contribution in [0.5, 0.6) is 5.75 Å². The second-order valence-electron chi connectivity index (χ2n) is 7.08. The van der Waals surface area contributed by atoms with E-state index in [1.54, 1.807) is 4.90 Å². The minimum atomic E-state index is -0.0800. The second kappa shape index (κ2) is 7.04. The van der Waals surface area contributed by atoms with Crippen LogP contribution in [0.25, 0.3) is 0 Å². The summed E-state index contributed by atoms with van der Waals surface area (Å²) in [7, 11) is 0. The third kappa shape index (κ3) is 3.35. The molecular weight excluding hydrogens is 318 g/mol. The summed E-state index contributed by atoms with van der Waals surface area (Å²) < 4.78 is 5.46. The van der Waals surface area contributed by atoms with Crippen LogP contribution in [0.1, 0.15) is 25.7 Å². The number of carbonyl (C=O) groups is 2. The number of piperazine rings is 1. The van der Waals surface area contributed by atoms with Gasteiger partial charge in [-0.05, 0) is 31.5 Å². The van der Waals surface area contributed by atoms with Crippen LogP contribution < -0.4 is 9.64 Å². The van der Waals surface area contributed by atoms with Crippen molar-refractivity contribution in [2.45, 2.75) is 31.7 Å². The van der Waals surface area contributed by atoms with Gasteiger partial charge in [0.25, 0.3) is 5.91 Å². The number of rotatable bonds is 3. The minimum absolute atomic E-state index is 0.0476. The molecule has 0 N–H and O–H groups in total. The number of fused-ring (bicyclic) bond motifs is 2. The van der Waals surface area contributed by atoms with Crippen molar-refractivity contribution >= 4 is 17.5 Å². The molecule has 0 bridgehead atoms. The fourth-order valence-corrected chi connectivity index (χ4v) is 4.15. The lowest BCUT2D eigenvalue weighted by atomic mass is 9.99. The van der Waals surface area contributed by atoms with Crippen LogP contribution in [0.15, 0.2) is 24.3 Å². The molecule has 6 nitrogen and oxygen atoms in total. The number of nitrogens with zero attached hydrogens (tertiary/aromatic N) is 3. The topological polar surface area (TPSA) is 53.1 Å². The van der Waals surface area contributed by atoms with Crippen LogP contribution in [0.4, 0.5) is 5.69 Å². The fourth-order valence-electron chi connectivity index (χ4n) is 4.15. The van der Waals surface area contributed by atoms with Crippen molar-refractivity contribution in [3.63, 3.8) is 0 Å². The summed E-state index contributed by atoms with van der Waals surface area (Å²) >= 11 is 0. The lowest BCUT2D eigenvalue weighted by Crippen LogP contribution is -2.56. The van der Waals surface area contributed by atoms with Crippen molar-refractivity contribution in [3.05, 3.63) is 24.3 Å². The zero-order chi connectivity index (χ0) is 17.2. The Morgan fingerprint density at radius 2 is 2.04 bits per heavy atom. The third-order valence-electron chi connectivity index (χ3n) is 5.55.